The van der Waals surface area contributed by atoms with Gasteiger partial charge < -0.3 is 19.4 Å². The van der Waals surface area contributed by atoms with Gasteiger partial charge in [0.15, 0.2) is 5.52 Å². The number of pyridine rings is 1. The lowest BCUT2D eigenvalue weighted by Crippen LogP contribution is -2.31. The first kappa shape index (κ1) is 19.5. The summed E-state index contributed by atoms with van der Waals surface area (Å²) in [5.41, 5.74) is 2.47. The van der Waals surface area contributed by atoms with Crippen molar-refractivity contribution in [2.24, 2.45) is 5.92 Å². The molecule has 3 aromatic rings. The number of methoxy groups -OCH3 is 1. The number of aromatic amines is 1. The SMILES string of the molecule is COc1ccc([C@@H](C)N2C[C@H]([C@@H](C)Oc3nc(Cl)cc4[nH]cnc34)CC2=O)cc1. The number of nitrogens with zero attached hydrogens (tertiary/aromatic N) is 3. The average Bonchev–Trinajstić information content (AvgIpc) is 3.34. The summed E-state index contributed by atoms with van der Waals surface area (Å²) in [6.45, 7) is 4.62. The number of ether oxygens (including phenoxy) is 2. The van der Waals surface area contributed by atoms with Crippen LogP contribution in [0.1, 0.15) is 31.9 Å². The molecule has 152 valence electrons. The zero-order chi connectivity index (χ0) is 20.5. The van der Waals surface area contributed by atoms with Crippen LogP contribution >= 0.6 is 11.6 Å². The van der Waals surface area contributed by atoms with Gasteiger partial charge in [0.25, 0.3) is 0 Å². The maximum absolute atomic E-state index is 12.7. The number of carbonyl (C=O) groups is 1. The molecule has 1 aliphatic rings. The summed E-state index contributed by atoms with van der Waals surface area (Å²) in [6.07, 6.45) is 1.81. The second-order valence-corrected chi connectivity index (χ2v) is 7.72. The summed E-state index contributed by atoms with van der Waals surface area (Å²) >= 11 is 6.09. The van der Waals surface area contributed by atoms with Crippen molar-refractivity contribution in [3.05, 3.63) is 47.4 Å². The Labute approximate surface area is 174 Å². The number of benzene rings is 1. The monoisotopic (exact) mass is 414 g/mol. The predicted molar refractivity (Wildman–Crippen MR) is 110 cm³/mol. The third kappa shape index (κ3) is 3.87. The summed E-state index contributed by atoms with van der Waals surface area (Å²) in [5, 5.41) is 0.334. The molecule has 0 saturated carbocycles. The Hall–Kier alpha value is -2.80. The number of aromatic nitrogens is 3. The van der Waals surface area contributed by atoms with E-state index in [1.54, 1.807) is 19.5 Å². The Kier molecular flexibility index (Phi) is 5.32. The molecule has 1 aromatic carbocycles. The van der Waals surface area contributed by atoms with E-state index in [0.717, 1.165) is 16.8 Å². The van der Waals surface area contributed by atoms with Gasteiger partial charge in [-0.1, -0.05) is 23.7 Å². The van der Waals surface area contributed by atoms with E-state index in [4.69, 9.17) is 21.1 Å². The Morgan fingerprint density at radius 3 is 2.76 bits per heavy atom. The van der Waals surface area contributed by atoms with E-state index in [0.29, 0.717) is 29.5 Å². The summed E-state index contributed by atoms with van der Waals surface area (Å²) in [6, 6.07) is 9.50. The van der Waals surface area contributed by atoms with Crippen molar-refractivity contribution < 1.29 is 14.3 Å². The van der Waals surface area contributed by atoms with Crippen LogP contribution in [0.25, 0.3) is 11.0 Å². The molecule has 0 spiro atoms. The van der Waals surface area contributed by atoms with E-state index in [9.17, 15) is 4.79 Å². The van der Waals surface area contributed by atoms with Gasteiger partial charge in [-0.05, 0) is 31.5 Å². The van der Waals surface area contributed by atoms with Crippen LogP contribution in [-0.2, 0) is 4.79 Å². The molecule has 3 heterocycles. The predicted octanol–water partition coefficient (Wildman–Crippen LogP) is 4.00. The van der Waals surface area contributed by atoms with Gasteiger partial charge in [0.05, 0.1) is 25.0 Å². The summed E-state index contributed by atoms with van der Waals surface area (Å²) < 4.78 is 11.3. The first-order valence-corrected chi connectivity index (χ1v) is 9.93. The van der Waals surface area contributed by atoms with Crippen LogP contribution in [0.5, 0.6) is 11.6 Å². The fraction of sp³-hybridized carbons (Fsp3) is 0.381. The molecule has 0 aliphatic carbocycles. The van der Waals surface area contributed by atoms with E-state index in [2.05, 4.69) is 15.0 Å². The zero-order valence-corrected chi connectivity index (χ0v) is 17.3. The quantitative estimate of drug-likeness (QED) is 0.616. The van der Waals surface area contributed by atoms with E-state index < -0.39 is 0 Å². The Morgan fingerprint density at radius 1 is 1.28 bits per heavy atom. The average molecular weight is 415 g/mol. The Balaban J connectivity index is 1.47. The highest BCUT2D eigenvalue weighted by Gasteiger charge is 2.37. The van der Waals surface area contributed by atoms with Crippen LogP contribution in [0.4, 0.5) is 0 Å². The third-order valence-corrected chi connectivity index (χ3v) is 5.75. The molecular formula is C21H23ClN4O3. The molecule has 3 atom stereocenters. The first-order chi connectivity index (χ1) is 14.0. The maximum atomic E-state index is 12.7. The minimum atomic E-state index is -0.210. The van der Waals surface area contributed by atoms with Gasteiger partial charge in [0.1, 0.15) is 17.0 Å². The molecular weight excluding hydrogens is 392 g/mol. The zero-order valence-electron chi connectivity index (χ0n) is 16.6. The molecule has 1 fully saturated rings. The molecule has 8 heteroatoms. The Bertz CT molecular complexity index is 1020. The lowest BCUT2D eigenvalue weighted by molar-refractivity contribution is -0.129. The number of likely N-dealkylation sites (tertiary alicyclic amines) is 1. The number of rotatable bonds is 6. The molecule has 0 bridgehead atoms. The molecule has 0 radical (unpaired) electrons. The van der Waals surface area contributed by atoms with E-state index in [1.807, 2.05) is 43.0 Å². The second-order valence-electron chi connectivity index (χ2n) is 7.33. The molecule has 2 aromatic heterocycles. The molecule has 7 nitrogen and oxygen atoms in total. The van der Waals surface area contributed by atoms with Crippen molar-refractivity contribution in [3.8, 4) is 11.6 Å². The van der Waals surface area contributed by atoms with Crippen LogP contribution in [0.3, 0.4) is 0 Å². The summed E-state index contributed by atoms with van der Waals surface area (Å²) in [7, 11) is 1.64. The largest absolute Gasteiger partial charge is 0.497 e. The summed E-state index contributed by atoms with van der Waals surface area (Å²) in [4.78, 5) is 26.1. The topological polar surface area (TPSA) is 80.3 Å². The molecule has 0 unspecified atom stereocenters. The highest BCUT2D eigenvalue weighted by Crippen LogP contribution is 2.33. The van der Waals surface area contributed by atoms with Gasteiger partial charge >= 0.3 is 0 Å². The van der Waals surface area contributed by atoms with Gasteiger partial charge in [-0.2, -0.15) is 4.98 Å². The smallest absolute Gasteiger partial charge is 0.243 e. The van der Waals surface area contributed by atoms with Gasteiger partial charge in [-0.15, -0.1) is 0 Å². The number of nitrogens with one attached hydrogen (secondary N) is 1. The summed E-state index contributed by atoms with van der Waals surface area (Å²) in [5.74, 6) is 1.36. The van der Waals surface area contributed by atoms with Gasteiger partial charge in [-0.3, -0.25) is 4.79 Å². The van der Waals surface area contributed by atoms with Crippen LogP contribution < -0.4 is 9.47 Å². The number of hydrogen-bond acceptors (Lipinski definition) is 5. The number of amides is 1. The van der Waals surface area contributed by atoms with Crippen molar-refractivity contribution in [3.63, 3.8) is 0 Å². The van der Waals surface area contributed by atoms with E-state index in [1.165, 1.54) is 0 Å². The van der Waals surface area contributed by atoms with Crippen LogP contribution in [0.2, 0.25) is 5.15 Å². The number of H-pyrrole nitrogens is 1. The fourth-order valence-corrected chi connectivity index (χ4v) is 3.94. The molecule has 29 heavy (non-hydrogen) atoms. The lowest BCUT2D eigenvalue weighted by atomic mass is 10.0. The number of halogens is 1. The highest BCUT2D eigenvalue weighted by molar-refractivity contribution is 6.30. The van der Waals surface area contributed by atoms with Crippen LogP contribution in [-0.4, -0.2) is 45.5 Å². The van der Waals surface area contributed by atoms with Crippen LogP contribution in [0.15, 0.2) is 36.7 Å². The molecule has 1 aliphatic heterocycles. The van der Waals surface area contributed by atoms with Gasteiger partial charge in [0.2, 0.25) is 11.8 Å². The first-order valence-electron chi connectivity index (χ1n) is 9.56. The number of hydrogen-bond donors (Lipinski definition) is 1. The number of imidazole rings is 1. The second kappa shape index (κ2) is 7.91. The van der Waals surface area contributed by atoms with Gasteiger partial charge in [-0.25, -0.2) is 4.98 Å². The van der Waals surface area contributed by atoms with Gasteiger partial charge in [0, 0.05) is 24.9 Å². The standard InChI is InChI=1S/C21H23ClN4O3/c1-12(14-4-6-16(28-3)7-5-14)26-10-15(8-19(26)27)13(2)29-21-20-17(23-11-24-20)9-18(22)25-21/h4-7,9,11-13,15H,8,10H2,1-3H3,(H,23,24)/t12-,13-,15-/m1/s1. The van der Waals surface area contributed by atoms with E-state index >= 15 is 0 Å². The van der Waals surface area contributed by atoms with Crippen molar-refractivity contribution >= 4 is 28.5 Å². The molecule has 4 rings (SSSR count). The highest BCUT2D eigenvalue weighted by atomic mass is 35.5. The number of carbonyl (C=O) groups excluding carboxylic acids is 1. The molecule has 1 amide bonds. The van der Waals surface area contributed by atoms with E-state index in [-0.39, 0.29) is 24.0 Å². The van der Waals surface area contributed by atoms with Crippen LogP contribution in [0, 0.1) is 5.92 Å². The van der Waals surface area contributed by atoms with Crippen molar-refractivity contribution in [1.29, 1.82) is 0 Å². The Morgan fingerprint density at radius 2 is 2.03 bits per heavy atom. The third-order valence-electron chi connectivity index (χ3n) is 5.56. The molecule has 1 saturated heterocycles. The lowest BCUT2D eigenvalue weighted by Gasteiger charge is -2.26. The van der Waals surface area contributed by atoms with Crippen molar-refractivity contribution in [1.82, 2.24) is 19.9 Å². The number of fused-ring (bicyclic) bond motifs is 1. The van der Waals surface area contributed by atoms with Crippen molar-refractivity contribution in [2.45, 2.75) is 32.4 Å². The normalized spacial score (nSPS) is 18.8. The minimum absolute atomic E-state index is 0.0204. The van der Waals surface area contributed by atoms with Crippen molar-refractivity contribution in [2.75, 3.05) is 13.7 Å². The molecule has 1 N–H and O–H groups in total. The maximum Gasteiger partial charge on any atom is 0.243 e. The fourth-order valence-electron chi connectivity index (χ4n) is 3.75. The minimum Gasteiger partial charge on any atom is -0.497 e.